The van der Waals surface area contributed by atoms with Gasteiger partial charge in [0.15, 0.2) is 0 Å². The van der Waals surface area contributed by atoms with Gasteiger partial charge in [-0.05, 0) is 39.3 Å². The lowest BCUT2D eigenvalue weighted by Crippen LogP contribution is -2.14. The van der Waals surface area contributed by atoms with Crippen molar-refractivity contribution in [1.82, 2.24) is 9.78 Å². The molecule has 0 bridgehead atoms. The molecule has 0 saturated carbocycles. The molecule has 4 nitrogen and oxygen atoms in total. The Bertz CT molecular complexity index is 641. The van der Waals surface area contributed by atoms with Crippen molar-refractivity contribution >= 4 is 11.6 Å². The number of anilines is 1. The van der Waals surface area contributed by atoms with Crippen LogP contribution in [0.5, 0.6) is 0 Å². The van der Waals surface area contributed by atoms with E-state index in [4.69, 9.17) is 0 Å². The molecule has 0 saturated heterocycles. The molecule has 0 spiro atoms. The van der Waals surface area contributed by atoms with Crippen molar-refractivity contribution in [3.63, 3.8) is 0 Å². The van der Waals surface area contributed by atoms with E-state index in [9.17, 15) is 4.79 Å². The minimum Gasteiger partial charge on any atom is -0.319 e. The first-order valence-electron chi connectivity index (χ1n) is 6.29. The van der Waals surface area contributed by atoms with Crippen LogP contribution >= 0.6 is 0 Å². The van der Waals surface area contributed by atoms with Gasteiger partial charge in [0, 0.05) is 12.6 Å². The van der Waals surface area contributed by atoms with E-state index in [1.807, 2.05) is 52.9 Å². The first kappa shape index (κ1) is 13.3. The SMILES string of the molecule is Cc1ccc(C)c(C(=O)Nc2c(C)nn(C)c2C)c1. The Morgan fingerprint density at radius 2 is 1.89 bits per heavy atom. The Morgan fingerprint density at radius 1 is 1.21 bits per heavy atom. The van der Waals surface area contributed by atoms with E-state index in [1.165, 1.54) is 0 Å². The van der Waals surface area contributed by atoms with Crippen LogP contribution in [0.25, 0.3) is 0 Å². The van der Waals surface area contributed by atoms with Crippen molar-refractivity contribution < 1.29 is 4.79 Å². The number of hydrogen-bond acceptors (Lipinski definition) is 2. The van der Waals surface area contributed by atoms with E-state index in [0.717, 1.165) is 28.2 Å². The summed E-state index contributed by atoms with van der Waals surface area (Å²) in [5.74, 6) is -0.0830. The maximum atomic E-state index is 12.4. The summed E-state index contributed by atoms with van der Waals surface area (Å²) in [6, 6.07) is 5.88. The van der Waals surface area contributed by atoms with E-state index in [0.29, 0.717) is 5.56 Å². The topological polar surface area (TPSA) is 46.9 Å². The minimum atomic E-state index is -0.0830. The average Bonchev–Trinajstić information content (AvgIpc) is 2.59. The second-order valence-corrected chi connectivity index (χ2v) is 4.94. The molecule has 0 aliphatic carbocycles. The fraction of sp³-hybridized carbons (Fsp3) is 0.333. The molecule has 1 aromatic heterocycles. The largest absolute Gasteiger partial charge is 0.319 e. The lowest BCUT2D eigenvalue weighted by Gasteiger charge is -2.09. The summed E-state index contributed by atoms with van der Waals surface area (Å²) in [6.45, 7) is 7.76. The standard InChI is InChI=1S/C15H19N3O/c1-9-6-7-10(2)13(8-9)15(19)16-14-11(3)17-18(5)12(14)4/h6-8H,1-5H3,(H,16,19). The van der Waals surface area contributed by atoms with Gasteiger partial charge in [-0.15, -0.1) is 0 Å². The maximum Gasteiger partial charge on any atom is 0.256 e. The molecule has 100 valence electrons. The minimum absolute atomic E-state index is 0.0830. The molecule has 0 radical (unpaired) electrons. The molecule has 19 heavy (non-hydrogen) atoms. The van der Waals surface area contributed by atoms with Crippen molar-refractivity contribution in [3.8, 4) is 0 Å². The molecule has 0 aliphatic rings. The molecule has 4 heteroatoms. The summed E-state index contributed by atoms with van der Waals surface area (Å²) >= 11 is 0. The van der Waals surface area contributed by atoms with Gasteiger partial charge < -0.3 is 5.32 Å². The summed E-state index contributed by atoms with van der Waals surface area (Å²) < 4.78 is 1.77. The summed E-state index contributed by atoms with van der Waals surface area (Å²) in [5, 5.41) is 7.26. The maximum absolute atomic E-state index is 12.4. The molecule has 1 N–H and O–H groups in total. The van der Waals surface area contributed by atoms with Gasteiger partial charge in [-0.1, -0.05) is 17.7 Å². The number of nitrogens with zero attached hydrogens (tertiary/aromatic N) is 2. The van der Waals surface area contributed by atoms with Gasteiger partial charge in [0.05, 0.1) is 17.1 Å². The lowest BCUT2D eigenvalue weighted by atomic mass is 10.0. The first-order valence-corrected chi connectivity index (χ1v) is 6.29. The van der Waals surface area contributed by atoms with E-state index >= 15 is 0 Å². The monoisotopic (exact) mass is 257 g/mol. The normalized spacial score (nSPS) is 10.6. The summed E-state index contributed by atoms with van der Waals surface area (Å²) in [4.78, 5) is 12.4. The van der Waals surface area contributed by atoms with Gasteiger partial charge >= 0.3 is 0 Å². The quantitative estimate of drug-likeness (QED) is 0.899. The second kappa shape index (κ2) is 4.88. The second-order valence-electron chi connectivity index (χ2n) is 4.94. The molecule has 2 rings (SSSR count). The lowest BCUT2D eigenvalue weighted by molar-refractivity contribution is 0.102. The van der Waals surface area contributed by atoms with Gasteiger partial charge in [-0.25, -0.2) is 0 Å². The number of aryl methyl sites for hydroxylation is 4. The van der Waals surface area contributed by atoms with E-state index in [-0.39, 0.29) is 5.91 Å². The van der Waals surface area contributed by atoms with E-state index in [2.05, 4.69) is 10.4 Å². The van der Waals surface area contributed by atoms with Crippen LogP contribution in [0.2, 0.25) is 0 Å². The number of hydrogen-bond donors (Lipinski definition) is 1. The van der Waals surface area contributed by atoms with Crippen molar-refractivity contribution in [1.29, 1.82) is 0 Å². The number of carbonyl (C=O) groups is 1. The highest BCUT2D eigenvalue weighted by Gasteiger charge is 2.15. The highest BCUT2D eigenvalue weighted by atomic mass is 16.1. The Balaban J connectivity index is 2.33. The van der Waals surface area contributed by atoms with Gasteiger partial charge in [0.2, 0.25) is 0 Å². The Morgan fingerprint density at radius 3 is 2.47 bits per heavy atom. The Kier molecular flexibility index (Phi) is 3.42. The van der Waals surface area contributed by atoms with Gasteiger partial charge in [-0.3, -0.25) is 9.48 Å². The van der Waals surface area contributed by atoms with Crippen LogP contribution in [-0.2, 0) is 7.05 Å². The molecule has 2 aromatic rings. The molecular weight excluding hydrogens is 238 g/mol. The molecule has 1 amide bonds. The number of nitrogens with one attached hydrogen (secondary N) is 1. The number of rotatable bonds is 2. The Labute approximate surface area is 113 Å². The predicted molar refractivity (Wildman–Crippen MR) is 76.6 cm³/mol. The average molecular weight is 257 g/mol. The van der Waals surface area contributed by atoms with Crippen LogP contribution in [0.3, 0.4) is 0 Å². The van der Waals surface area contributed by atoms with Crippen LogP contribution < -0.4 is 5.32 Å². The number of carbonyl (C=O) groups excluding carboxylic acids is 1. The molecule has 0 atom stereocenters. The van der Waals surface area contributed by atoms with Crippen molar-refractivity contribution in [2.45, 2.75) is 27.7 Å². The van der Waals surface area contributed by atoms with Crippen LogP contribution in [-0.4, -0.2) is 15.7 Å². The van der Waals surface area contributed by atoms with Gasteiger partial charge in [0.25, 0.3) is 5.91 Å². The van der Waals surface area contributed by atoms with Crippen LogP contribution in [0.15, 0.2) is 18.2 Å². The van der Waals surface area contributed by atoms with E-state index in [1.54, 1.807) is 4.68 Å². The van der Waals surface area contributed by atoms with Crippen LogP contribution in [0, 0.1) is 27.7 Å². The summed E-state index contributed by atoms with van der Waals surface area (Å²) in [5.41, 5.74) is 5.35. The van der Waals surface area contributed by atoms with Gasteiger partial charge in [0.1, 0.15) is 0 Å². The highest BCUT2D eigenvalue weighted by Crippen LogP contribution is 2.20. The fourth-order valence-corrected chi connectivity index (χ4v) is 2.12. The van der Waals surface area contributed by atoms with Crippen molar-refractivity contribution in [2.75, 3.05) is 5.32 Å². The molecular formula is C15H19N3O. The number of aromatic nitrogens is 2. The summed E-state index contributed by atoms with van der Waals surface area (Å²) in [7, 11) is 1.87. The molecule has 1 aromatic carbocycles. The summed E-state index contributed by atoms with van der Waals surface area (Å²) in [6.07, 6.45) is 0. The van der Waals surface area contributed by atoms with Crippen molar-refractivity contribution in [2.24, 2.45) is 7.05 Å². The predicted octanol–water partition coefficient (Wildman–Crippen LogP) is 2.91. The first-order chi connectivity index (χ1) is 8.90. The molecule has 0 aliphatic heterocycles. The zero-order valence-electron chi connectivity index (χ0n) is 12.0. The van der Waals surface area contributed by atoms with Crippen LogP contribution in [0.4, 0.5) is 5.69 Å². The third kappa shape index (κ3) is 2.52. The third-order valence-electron chi connectivity index (χ3n) is 3.39. The molecule has 1 heterocycles. The molecule has 0 fully saturated rings. The van der Waals surface area contributed by atoms with E-state index < -0.39 is 0 Å². The zero-order valence-corrected chi connectivity index (χ0v) is 12.0. The highest BCUT2D eigenvalue weighted by molar-refractivity contribution is 6.05. The van der Waals surface area contributed by atoms with Crippen molar-refractivity contribution in [3.05, 3.63) is 46.3 Å². The number of amides is 1. The van der Waals surface area contributed by atoms with Gasteiger partial charge in [-0.2, -0.15) is 5.10 Å². The van der Waals surface area contributed by atoms with Crippen LogP contribution in [0.1, 0.15) is 32.9 Å². The molecule has 0 unspecified atom stereocenters. The zero-order chi connectivity index (χ0) is 14.2. The Hall–Kier alpha value is -2.10. The smallest absolute Gasteiger partial charge is 0.256 e. The fourth-order valence-electron chi connectivity index (χ4n) is 2.12. The number of benzene rings is 1. The third-order valence-corrected chi connectivity index (χ3v) is 3.39.